The molecule has 0 saturated heterocycles. The molecule has 0 amide bonds. The third kappa shape index (κ3) is 10.8. The van der Waals surface area contributed by atoms with Crippen LogP contribution in [0.2, 0.25) is 5.02 Å². The Labute approximate surface area is 162 Å². The molecule has 0 unspecified atom stereocenters. The van der Waals surface area contributed by atoms with Gasteiger partial charge in [-0.1, -0.05) is 48.0 Å². The van der Waals surface area contributed by atoms with Gasteiger partial charge in [-0.2, -0.15) is 0 Å². The van der Waals surface area contributed by atoms with Crippen LogP contribution in [0, 0.1) is 0 Å². The van der Waals surface area contributed by atoms with Crippen molar-refractivity contribution in [2.75, 3.05) is 13.2 Å². The SMILES string of the molecule is C=C.CCOC(C)OCC.O=Cc1ccc(Cc2cccc(Cl)c2)cc1. The molecular weight excluding hydrogens is 348 g/mol. The number of rotatable bonds is 7. The quantitative estimate of drug-likeness (QED) is 0.340. The summed E-state index contributed by atoms with van der Waals surface area (Å²) in [5.74, 6) is 0. The van der Waals surface area contributed by atoms with Crippen molar-refractivity contribution in [1.29, 1.82) is 0 Å². The van der Waals surface area contributed by atoms with Crippen LogP contribution in [0.1, 0.15) is 42.3 Å². The zero-order valence-corrected chi connectivity index (χ0v) is 16.7. The summed E-state index contributed by atoms with van der Waals surface area (Å²) in [6.45, 7) is 13.3. The summed E-state index contributed by atoms with van der Waals surface area (Å²) >= 11 is 5.91. The Morgan fingerprint density at radius 3 is 2.04 bits per heavy atom. The number of ether oxygens (including phenoxy) is 2. The normalized spacial score (nSPS) is 9.58. The minimum atomic E-state index is -0.0370. The molecule has 0 N–H and O–H groups in total. The summed E-state index contributed by atoms with van der Waals surface area (Å²) in [6.07, 6.45) is 1.65. The number of aldehydes is 1. The molecule has 26 heavy (non-hydrogen) atoms. The third-order valence-corrected chi connectivity index (χ3v) is 3.45. The van der Waals surface area contributed by atoms with E-state index < -0.39 is 0 Å². The van der Waals surface area contributed by atoms with Gasteiger partial charge in [-0.15, -0.1) is 13.2 Å². The van der Waals surface area contributed by atoms with Crippen LogP contribution >= 0.6 is 11.6 Å². The molecule has 0 aromatic heterocycles. The minimum Gasteiger partial charge on any atom is -0.353 e. The van der Waals surface area contributed by atoms with Crippen LogP contribution in [-0.2, 0) is 15.9 Å². The largest absolute Gasteiger partial charge is 0.353 e. The van der Waals surface area contributed by atoms with Gasteiger partial charge in [0.25, 0.3) is 0 Å². The summed E-state index contributed by atoms with van der Waals surface area (Å²) in [6, 6.07) is 15.4. The summed E-state index contributed by atoms with van der Waals surface area (Å²) in [5, 5.41) is 0.752. The van der Waals surface area contributed by atoms with Crippen LogP contribution < -0.4 is 0 Å². The fourth-order valence-electron chi connectivity index (χ4n) is 2.11. The molecule has 0 bridgehead atoms. The lowest BCUT2D eigenvalue weighted by Gasteiger charge is -2.09. The number of benzene rings is 2. The highest BCUT2D eigenvalue weighted by Gasteiger charge is 1.98. The maximum absolute atomic E-state index is 10.5. The van der Waals surface area contributed by atoms with Gasteiger partial charge in [-0.25, -0.2) is 0 Å². The molecule has 2 aromatic carbocycles. The predicted octanol–water partition coefficient (Wildman–Crippen LogP) is 5.95. The van der Waals surface area contributed by atoms with Gasteiger partial charge in [0.1, 0.15) is 6.29 Å². The average Bonchev–Trinajstić information content (AvgIpc) is 2.65. The van der Waals surface area contributed by atoms with Gasteiger partial charge in [-0.3, -0.25) is 4.79 Å². The molecule has 2 rings (SSSR count). The molecule has 4 heteroatoms. The molecule has 0 aliphatic carbocycles. The van der Waals surface area contributed by atoms with Crippen LogP contribution in [0.5, 0.6) is 0 Å². The van der Waals surface area contributed by atoms with Crippen molar-refractivity contribution in [1.82, 2.24) is 0 Å². The lowest BCUT2D eigenvalue weighted by Crippen LogP contribution is -2.11. The average molecular weight is 377 g/mol. The molecule has 142 valence electrons. The third-order valence-electron chi connectivity index (χ3n) is 3.22. The summed E-state index contributed by atoms with van der Waals surface area (Å²) in [4.78, 5) is 10.5. The van der Waals surface area contributed by atoms with E-state index in [1.165, 1.54) is 11.1 Å². The number of hydrogen-bond acceptors (Lipinski definition) is 3. The summed E-state index contributed by atoms with van der Waals surface area (Å²) in [5.41, 5.74) is 3.05. The zero-order chi connectivity index (χ0) is 19.8. The van der Waals surface area contributed by atoms with Gasteiger partial charge < -0.3 is 9.47 Å². The number of hydrogen-bond donors (Lipinski definition) is 0. The van der Waals surface area contributed by atoms with Gasteiger partial charge in [0.05, 0.1) is 0 Å². The van der Waals surface area contributed by atoms with E-state index in [9.17, 15) is 4.79 Å². The second-order valence-electron chi connectivity index (χ2n) is 5.14. The lowest BCUT2D eigenvalue weighted by molar-refractivity contribution is -0.123. The van der Waals surface area contributed by atoms with Crippen molar-refractivity contribution in [2.45, 2.75) is 33.5 Å². The Bertz CT molecular complexity index is 605. The van der Waals surface area contributed by atoms with Crippen LogP contribution in [0.15, 0.2) is 61.7 Å². The van der Waals surface area contributed by atoms with Crippen molar-refractivity contribution in [2.24, 2.45) is 0 Å². The Kier molecular flexibility index (Phi) is 14.2. The van der Waals surface area contributed by atoms with Gasteiger partial charge in [0.2, 0.25) is 0 Å². The molecule has 3 nitrogen and oxygen atoms in total. The second kappa shape index (κ2) is 15.3. The minimum absolute atomic E-state index is 0.0370. The maximum Gasteiger partial charge on any atom is 0.154 e. The second-order valence-corrected chi connectivity index (χ2v) is 5.58. The molecule has 0 radical (unpaired) electrons. The smallest absolute Gasteiger partial charge is 0.154 e. The first-order valence-corrected chi connectivity index (χ1v) is 8.98. The van der Waals surface area contributed by atoms with Gasteiger partial charge >= 0.3 is 0 Å². The maximum atomic E-state index is 10.5. The highest BCUT2D eigenvalue weighted by atomic mass is 35.5. The Morgan fingerprint density at radius 2 is 1.58 bits per heavy atom. The molecule has 0 heterocycles. The molecule has 0 spiro atoms. The van der Waals surface area contributed by atoms with Crippen LogP contribution in [0.3, 0.4) is 0 Å². The molecule has 2 aromatic rings. The van der Waals surface area contributed by atoms with E-state index in [4.69, 9.17) is 21.1 Å². The molecule has 0 aliphatic rings. The number of carbonyl (C=O) groups excluding carboxylic acids is 1. The number of halogens is 1. The van der Waals surface area contributed by atoms with Crippen LogP contribution in [-0.4, -0.2) is 25.8 Å². The molecule has 0 saturated carbocycles. The van der Waals surface area contributed by atoms with Gasteiger partial charge in [0.15, 0.2) is 6.29 Å². The summed E-state index contributed by atoms with van der Waals surface area (Å²) in [7, 11) is 0. The van der Waals surface area contributed by atoms with E-state index in [0.717, 1.165) is 30.9 Å². The van der Waals surface area contributed by atoms with Crippen molar-refractivity contribution in [3.63, 3.8) is 0 Å². The molecule has 0 aliphatic heterocycles. The fourth-order valence-corrected chi connectivity index (χ4v) is 2.33. The fraction of sp³-hybridized carbons (Fsp3) is 0.318. The van der Waals surface area contributed by atoms with Crippen molar-refractivity contribution < 1.29 is 14.3 Å². The molecule has 0 fully saturated rings. The van der Waals surface area contributed by atoms with Crippen molar-refractivity contribution in [3.8, 4) is 0 Å². The van der Waals surface area contributed by atoms with E-state index in [1.54, 1.807) is 0 Å². The standard InChI is InChI=1S/C14H11ClO.C6H14O2.C2H4/c15-14-3-1-2-13(9-14)8-11-4-6-12(10-16)7-5-11;1-4-7-6(3)8-5-2;1-2/h1-7,9-10H,8H2;6H,4-5H2,1-3H3;1-2H2. The summed E-state index contributed by atoms with van der Waals surface area (Å²) < 4.78 is 10.1. The highest BCUT2D eigenvalue weighted by Crippen LogP contribution is 2.15. The van der Waals surface area contributed by atoms with E-state index in [-0.39, 0.29) is 6.29 Å². The van der Waals surface area contributed by atoms with Crippen molar-refractivity contribution in [3.05, 3.63) is 83.4 Å². The highest BCUT2D eigenvalue weighted by molar-refractivity contribution is 6.30. The number of carbonyl (C=O) groups is 1. The Morgan fingerprint density at radius 1 is 1.00 bits per heavy atom. The topological polar surface area (TPSA) is 35.5 Å². The Hall–Kier alpha value is -1.94. The predicted molar refractivity (Wildman–Crippen MR) is 110 cm³/mol. The first-order chi connectivity index (χ1) is 12.6. The monoisotopic (exact) mass is 376 g/mol. The first kappa shape index (κ1) is 24.1. The van der Waals surface area contributed by atoms with Crippen molar-refractivity contribution >= 4 is 17.9 Å². The van der Waals surface area contributed by atoms with E-state index in [0.29, 0.717) is 5.56 Å². The van der Waals surface area contributed by atoms with E-state index in [2.05, 4.69) is 13.2 Å². The van der Waals surface area contributed by atoms with E-state index in [1.807, 2.05) is 69.3 Å². The van der Waals surface area contributed by atoms with Crippen LogP contribution in [0.25, 0.3) is 0 Å². The Balaban J connectivity index is 0.000000533. The van der Waals surface area contributed by atoms with Gasteiger partial charge in [0, 0.05) is 23.8 Å². The first-order valence-electron chi connectivity index (χ1n) is 8.60. The zero-order valence-electron chi connectivity index (χ0n) is 15.9. The van der Waals surface area contributed by atoms with Gasteiger partial charge in [-0.05, 0) is 50.5 Å². The van der Waals surface area contributed by atoms with E-state index >= 15 is 0 Å². The molecular formula is C22H29ClO3. The van der Waals surface area contributed by atoms with Crippen LogP contribution in [0.4, 0.5) is 0 Å². The molecule has 0 atom stereocenters. The lowest BCUT2D eigenvalue weighted by atomic mass is 10.0.